The van der Waals surface area contributed by atoms with Crippen LogP contribution >= 0.6 is 0 Å². The molecule has 0 fully saturated rings. The first-order valence-electron chi connectivity index (χ1n) is 5.40. The summed E-state index contributed by atoms with van der Waals surface area (Å²) in [4.78, 5) is 32.5. The molecular weight excluding hydrogens is 228 g/mol. The summed E-state index contributed by atoms with van der Waals surface area (Å²) in [7, 11) is 0. The number of carboxylic acids is 1. The molecule has 7 nitrogen and oxygen atoms in total. The average Bonchev–Trinajstić information content (AvgIpc) is 2.24. The molecule has 0 aliphatic rings. The number of carbonyl (C=O) groups is 3. The molecule has 0 heterocycles. The summed E-state index contributed by atoms with van der Waals surface area (Å²) in [6.07, 6.45) is 0.677. The van der Waals surface area contributed by atoms with Gasteiger partial charge in [0.15, 0.2) is 0 Å². The van der Waals surface area contributed by atoms with Gasteiger partial charge in [0.05, 0.1) is 6.61 Å². The maximum absolute atomic E-state index is 11.1. The highest BCUT2D eigenvalue weighted by molar-refractivity contribution is 5.82. The second-order valence-corrected chi connectivity index (χ2v) is 3.37. The lowest BCUT2D eigenvalue weighted by molar-refractivity contribution is -0.143. The average molecular weight is 246 g/mol. The first kappa shape index (κ1) is 15.2. The fourth-order valence-corrected chi connectivity index (χ4v) is 0.977. The molecule has 17 heavy (non-hydrogen) atoms. The summed E-state index contributed by atoms with van der Waals surface area (Å²) in [6.45, 7) is 3.71. The van der Waals surface area contributed by atoms with Crippen LogP contribution in [0.3, 0.4) is 0 Å². The van der Waals surface area contributed by atoms with Crippen molar-refractivity contribution < 1.29 is 24.2 Å². The number of aliphatic carboxylic acids is 1. The Morgan fingerprint density at radius 3 is 2.53 bits per heavy atom. The number of hydrogen-bond acceptors (Lipinski definition) is 4. The van der Waals surface area contributed by atoms with Gasteiger partial charge in [-0.15, -0.1) is 0 Å². The summed E-state index contributed by atoms with van der Waals surface area (Å²) < 4.78 is 4.70. The normalized spacial score (nSPS) is 11.4. The van der Waals surface area contributed by atoms with E-state index in [9.17, 15) is 14.4 Å². The van der Waals surface area contributed by atoms with Crippen LogP contribution in [0.15, 0.2) is 0 Å². The number of nitrogens with one attached hydrogen (secondary N) is 2. The maximum Gasteiger partial charge on any atom is 0.325 e. The Hall–Kier alpha value is -1.79. The summed E-state index contributed by atoms with van der Waals surface area (Å²) >= 11 is 0. The van der Waals surface area contributed by atoms with Gasteiger partial charge in [0.2, 0.25) is 0 Å². The molecule has 0 aliphatic heterocycles. The van der Waals surface area contributed by atoms with E-state index in [0.717, 1.165) is 0 Å². The summed E-state index contributed by atoms with van der Waals surface area (Å²) in [5.74, 6) is -1.42. The Bertz CT molecular complexity index is 280. The third-order valence-electron chi connectivity index (χ3n) is 1.87. The first-order chi connectivity index (χ1) is 7.97. The Labute approximate surface area is 99.5 Å². The smallest absolute Gasteiger partial charge is 0.325 e. The number of carboxylic acid groups (broad SMARTS) is 1. The summed E-state index contributed by atoms with van der Waals surface area (Å²) in [5, 5.41) is 13.2. The van der Waals surface area contributed by atoms with E-state index in [1.54, 1.807) is 6.92 Å². The van der Waals surface area contributed by atoms with Crippen molar-refractivity contribution in [3.05, 3.63) is 0 Å². The molecule has 0 radical (unpaired) electrons. The maximum atomic E-state index is 11.1. The van der Waals surface area contributed by atoms with Crippen molar-refractivity contribution in [2.24, 2.45) is 0 Å². The van der Waals surface area contributed by atoms with Crippen LogP contribution in [0, 0.1) is 0 Å². The number of hydrogen-bond donors (Lipinski definition) is 3. The molecule has 0 aromatic carbocycles. The van der Waals surface area contributed by atoms with Crippen LogP contribution in [-0.4, -0.2) is 42.3 Å². The van der Waals surface area contributed by atoms with Crippen LogP contribution in [0.2, 0.25) is 0 Å². The predicted octanol–water partition coefficient (Wildman–Crippen LogP) is 0.102. The van der Waals surface area contributed by atoms with Crippen molar-refractivity contribution in [2.75, 3.05) is 13.2 Å². The summed E-state index contributed by atoms with van der Waals surface area (Å²) in [5.41, 5.74) is 0. The number of amides is 2. The standard InChI is InChI=1S/C10H18N2O5/c1-3-17-8(13)5-4-6-11-10(16)12-7(2)9(14)15/h7H,3-6H2,1-2H3,(H,14,15)(H2,11,12,16)/t7-/m1/s1. The van der Waals surface area contributed by atoms with Crippen molar-refractivity contribution in [1.29, 1.82) is 0 Å². The molecule has 1 atom stereocenters. The van der Waals surface area contributed by atoms with E-state index in [0.29, 0.717) is 13.0 Å². The molecule has 0 bridgehead atoms. The zero-order valence-corrected chi connectivity index (χ0v) is 9.99. The molecule has 0 rings (SSSR count). The fraction of sp³-hybridized carbons (Fsp3) is 0.700. The van der Waals surface area contributed by atoms with Gasteiger partial charge in [0.1, 0.15) is 6.04 Å². The second-order valence-electron chi connectivity index (χ2n) is 3.37. The largest absolute Gasteiger partial charge is 0.480 e. The minimum absolute atomic E-state index is 0.225. The highest BCUT2D eigenvalue weighted by atomic mass is 16.5. The van der Waals surface area contributed by atoms with E-state index >= 15 is 0 Å². The van der Waals surface area contributed by atoms with E-state index in [1.807, 2.05) is 0 Å². The van der Waals surface area contributed by atoms with Crippen LogP contribution in [0.1, 0.15) is 26.7 Å². The van der Waals surface area contributed by atoms with E-state index in [2.05, 4.69) is 10.6 Å². The Kier molecular flexibility index (Phi) is 7.49. The Balaban J connectivity index is 3.58. The molecule has 0 aromatic rings. The van der Waals surface area contributed by atoms with Crippen LogP contribution < -0.4 is 10.6 Å². The topological polar surface area (TPSA) is 105 Å². The molecule has 7 heteroatoms. The van der Waals surface area contributed by atoms with Crippen molar-refractivity contribution in [2.45, 2.75) is 32.7 Å². The minimum Gasteiger partial charge on any atom is -0.480 e. The van der Waals surface area contributed by atoms with Gasteiger partial charge in [-0.1, -0.05) is 0 Å². The monoisotopic (exact) mass is 246 g/mol. The molecule has 0 saturated carbocycles. The van der Waals surface area contributed by atoms with Gasteiger partial charge in [-0.25, -0.2) is 4.79 Å². The molecule has 0 aromatic heterocycles. The molecule has 0 spiro atoms. The number of urea groups is 1. The van der Waals surface area contributed by atoms with Crippen LogP contribution in [0.25, 0.3) is 0 Å². The van der Waals surface area contributed by atoms with Gasteiger partial charge in [0, 0.05) is 13.0 Å². The highest BCUT2D eigenvalue weighted by Gasteiger charge is 2.13. The lowest BCUT2D eigenvalue weighted by Gasteiger charge is -2.10. The lowest BCUT2D eigenvalue weighted by atomic mass is 10.3. The van der Waals surface area contributed by atoms with Gasteiger partial charge in [-0.3, -0.25) is 9.59 Å². The first-order valence-corrected chi connectivity index (χ1v) is 5.40. The van der Waals surface area contributed by atoms with Crippen molar-refractivity contribution in [1.82, 2.24) is 10.6 Å². The second kappa shape index (κ2) is 8.37. The molecule has 3 N–H and O–H groups in total. The van der Waals surface area contributed by atoms with Gasteiger partial charge in [-0.05, 0) is 20.3 Å². The molecule has 0 aliphatic carbocycles. The molecule has 2 amide bonds. The number of ether oxygens (including phenoxy) is 1. The molecular formula is C10H18N2O5. The SMILES string of the molecule is CCOC(=O)CCCNC(=O)N[C@H](C)C(=O)O. The molecule has 0 saturated heterocycles. The van der Waals surface area contributed by atoms with Crippen molar-refractivity contribution >= 4 is 18.0 Å². The minimum atomic E-state index is -1.10. The third kappa shape index (κ3) is 8.06. The van der Waals surface area contributed by atoms with Crippen molar-refractivity contribution in [3.63, 3.8) is 0 Å². The molecule has 0 unspecified atom stereocenters. The van der Waals surface area contributed by atoms with Crippen LogP contribution in [-0.2, 0) is 14.3 Å². The number of rotatable bonds is 7. The van der Waals surface area contributed by atoms with Crippen LogP contribution in [0.4, 0.5) is 4.79 Å². The van der Waals surface area contributed by atoms with E-state index in [-0.39, 0.29) is 18.9 Å². The van der Waals surface area contributed by atoms with Crippen molar-refractivity contribution in [3.8, 4) is 0 Å². The summed E-state index contributed by atoms with van der Waals surface area (Å²) in [6, 6.07) is -1.51. The van der Waals surface area contributed by atoms with E-state index in [1.165, 1.54) is 6.92 Å². The number of carbonyl (C=O) groups excluding carboxylic acids is 2. The van der Waals surface area contributed by atoms with Crippen LogP contribution in [0.5, 0.6) is 0 Å². The van der Waals surface area contributed by atoms with E-state index < -0.39 is 18.0 Å². The van der Waals surface area contributed by atoms with Gasteiger partial charge in [0.25, 0.3) is 0 Å². The Morgan fingerprint density at radius 1 is 1.35 bits per heavy atom. The van der Waals surface area contributed by atoms with Gasteiger partial charge < -0.3 is 20.5 Å². The lowest BCUT2D eigenvalue weighted by Crippen LogP contribution is -2.44. The number of esters is 1. The van der Waals surface area contributed by atoms with Gasteiger partial charge in [-0.2, -0.15) is 0 Å². The fourth-order valence-electron chi connectivity index (χ4n) is 0.977. The zero-order valence-electron chi connectivity index (χ0n) is 9.99. The van der Waals surface area contributed by atoms with Gasteiger partial charge >= 0.3 is 18.0 Å². The van der Waals surface area contributed by atoms with E-state index in [4.69, 9.17) is 9.84 Å². The zero-order chi connectivity index (χ0) is 13.3. The predicted molar refractivity (Wildman–Crippen MR) is 59.5 cm³/mol. The molecule has 98 valence electrons. The third-order valence-corrected chi connectivity index (χ3v) is 1.87. The highest BCUT2D eigenvalue weighted by Crippen LogP contribution is 1.91. The Morgan fingerprint density at radius 2 is 2.00 bits per heavy atom. The quantitative estimate of drug-likeness (QED) is 0.436.